The number of nitrogens with one attached hydrogen (secondary N) is 2. The van der Waals surface area contributed by atoms with E-state index in [0.717, 1.165) is 16.8 Å². The van der Waals surface area contributed by atoms with E-state index < -0.39 is 16.1 Å². The molecule has 2 aromatic carbocycles. The Bertz CT molecular complexity index is 1360. The number of fused-ring (bicyclic) bond motifs is 1. The fourth-order valence-electron chi connectivity index (χ4n) is 3.53. The minimum atomic E-state index is -4.00. The number of aromatic nitrogens is 4. The normalized spacial score (nSPS) is 12.7. The number of anilines is 1. The zero-order chi connectivity index (χ0) is 23.4. The molecule has 2 heterocycles. The first-order valence-electron chi connectivity index (χ1n) is 10.3. The van der Waals surface area contributed by atoms with E-state index in [4.69, 9.17) is 0 Å². The molecule has 1 atom stereocenters. The minimum absolute atomic E-state index is 0.0236. The van der Waals surface area contributed by atoms with E-state index in [0.29, 0.717) is 28.7 Å². The lowest BCUT2D eigenvalue weighted by Crippen LogP contribution is -2.31. The molecular weight excluding hydrogens is 508 g/mol. The lowest BCUT2D eigenvalue weighted by atomic mass is 10.1. The van der Waals surface area contributed by atoms with Gasteiger partial charge in [0, 0.05) is 28.0 Å². The van der Waals surface area contributed by atoms with Gasteiger partial charge >= 0.3 is 0 Å². The molecule has 4 rings (SSSR count). The third-order valence-electron chi connectivity index (χ3n) is 5.23. The van der Waals surface area contributed by atoms with E-state index in [1.165, 1.54) is 6.20 Å². The summed E-state index contributed by atoms with van der Waals surface area (Å²) in [5, 5.41) is 22.2. The molecule has 0 aliphatic rings. The van der Waals surface area contributed by atoms with Crippen molar-refractivity contribution in [2.24, 2.45) is 0 Å². The first kappa shape index (κ1) is 23.3. The van der Waals surface area contributed by atoms with Gasteiger partial charge in [0.15, 0.2) is 5.82 Å². The molecule has 2 aromatic heterocycles. The lowest BCUT2D eigenvalue weighted by molar-refractivity contribution is 0.259. The van der Waals surface area contributed by atoms with Crippen molar-refractivity contribution in [3.8, 4) is 0 Å². The van der Waals surface area contributed by atoms with Gasteiger partial charge in [-0.05, 0) is 30.7 Å². The third-order valence-corrected chi connectivity index (χ3v) is 7.23. The van der Waals surface area contributed by atoms with Crippen LogP contribution in [0.1, 0.15) is 24.4 Å². The number of sulfonamides is 1. The Balaban J connectivity index is 1.69. The highest BCUT2D eigenvalue weighted by Gasteiger charge is 2.24. The maximum Gasteiger partial charge on any atom is 0.243 e. The Morgan fingerprint density at radius 1 is 1.15 bits per heavy atom. The highest BCUT2D eigenvalue weighted by molar-refractivity contribution is 9.10. The van der Waals surface area contributed by atoms with E-state index >= 15 is 0 Å². The van der Waals surface area contributed by atoms with Gasteiger partial charge in [0.25, 0.3) is 0 Å². The topological polar surface area (TPSA) is 122 Å². The molecule has 0 fully saturated rings. The summed E-state index contributed by atoms with van der Waals surface area (Å²) in [6.45, 7) is 2.74. The summed E-state index contributed by atoms with van der Waals surface area (Å²) in [7, 11) is -4.00. The number of aryl methyl sites for hydroxylation is 1. The van der Waals surface area contributed by atoms with Gasteiger partial charge in [0.05, 0.1) is 19.2 Å². The van der Waals surface area contributed by atoms with Crippen molar-refractivity contribution in [3.05, 3.63) is 76.9 Å². The summed E-state index contributed by atoms with van der Waals surface area (Å²) in [5.41, 5.74) is 0.667. The number of hydrogen-bond donors (Lipinski definition) is 3. The minimum Gasteiger partial charge on any atom is -0.394 e. The number of pyridine rings is 1. The number of aliphatic hydroxyl groups excluding tert-OH is 1. The maximum absolute atomic E-state index is 13.3. The van der Waals surface area contributed by atoms with Gasteiger partial charge in [-0.1, -0.05) is 46.3 Å². The Morgan fingerprint density at radius 2 is 1.94 bits per heavy atom. The summed E-state index contributed by atoms with van der Waals surface area (Å²) in [6, 6.07) is 13.5. The van der Waals surface area contributed by atoms with Gasteiger partial charge in [-0.15, -0.1) is 10.2 Å². The molecule has 0 saturated heterocycles. The second kappa shape index (κ2) is 9.96. The second-order valence-corrected chi connectivity index (χ2v) is 9.91. The van der Waals surface area contributed by atoms with Gasteiger partial charge < -0.3 is 15.0 Å². The van der Waals surface area contributed by atoms with Crippen molar-refractivity contribution in [3.63, 3.8) is 0 Å². The van der Waals surface area contributed by atoms with Crippen LogP contribution in [0.15, 0.2) is 70.4 Å². The summed E-state index contributed by atoms with van der Waals surface area (Å²) < 4.78 is 31.9. The molecule has 0 aliphatic carbocycles. The smallest absolute Gasteiger partial charge is 0.243 e. The number of nitrogens with zero attached hydrogens (tertiary/aromatic N) is 4. The van der Waals surface area contributed by atoms with Gasteiger partial charge in [0.1, 0.15) is 17.0 Å². The monoisotopic (exact) mass is 530 g/mol. The highest BCUT2D eigenvalue weighted by Crippen LogP contribution is 2.31. The van der Waals surface area contributed by atoms with Gasteiger partial charge in [-0.2, -0.15) is 0 Å². The second-order valence-electron chi connectivity index (χ2n) is 7.31. The molecule has 11 heteroatoms. The molecule has 33 heavy (non-hydrogen) atoms. The van der Waals surface area contributed by atoms with Gasteiger partial charge in [0.2, 0.25) is 10.0 Å². The summed E-state index contributed by atoms with van der Waals surface area (Å²) >= 11 is 3.43. The molecule has 0 saturated carbocycles. The fourth-order valence-corrected chi connectivity index (χ4v) is 5.26. The first-order valence-corrected chi connectivity index (χ1v) is 12.6. The third kappa shape index (κ3) is 5.06. The lowest BCUT2D eigenvalue weighted by Gasteiger charge is -2.18. The van der Waals surface area contributed by atoms with E-state index in [-0.39, 0.29) is 11.5 Å². The average Bonchev–Trinajstić information content (AvgIpc) is 3.28. The molecule has 4 aromatic rings. The van der Waals surface area contributed by atoms with Crippen LogP contribution in [0, 0.1) is 0 Å². The van der Waals surface area contributed by atoms with Crippen LogP contribution in [0.4, 0.5) is 5.82 Å². The Morgan fingerprint density at radius 3 is 2.67 bits per heavy atom. The van der Waals surface area contributed by atoms with E-state index in [1.807, 2.05) is 23.6 Å². The molecule has 0 spiro atoms. The zero-order valence-electron chi connectivity index (χ0n) is 17.8. The molecule has 0 unspecified atom stereocenters. The van der Waals surface area contributed by atoms with Crippen LogP contribution in [0.2, 0.25) is 0 Å². The first-order chi connectivity index (χ1) is 15.9. The quantitative estimate of drug-likeness (QED) is 0.303. The number of benzene rings is 2. The molecule has 3 N–H and O–H groups in total. The number of halogens is 1. The molecular formula is C22H23BrN6O3S. The van der Waals surface area contributed by atoms with E-state index in [2.05, 4.69) is 41.2 Å². The van der Waals surface area contributed by atoms with Gasteiger partial charge in [-0.3, -0.25) is 0 Å². The molecule has 172 valence electrons. The number of hydrogen-bond acceptors (Lipinski definition) is 7. The molecule has 0 bridgehead atoms. The zero-order valence-corrected chi connectivity index (χ0v) is 20.2. The Labute approximate surface area is 200 Å². The van der Waals surface area contributed by atoms with Crippen molar-refractivity contribution in [1.29, 1.82) is 0 Å². The van der Waals surface area contributed by atoms with Crippen LogP contribution in [-0.2, 0) is 23.1 Å². The van der Waals surface area contributed by atoms with Crippen molar-refractivity contribution in [2.75, 3.05) is 11.9 Å². The van der Waals surface area contributed by atoms with E-state index in [9.17, 15) is 13.5 Å². The Hall–Kier alpha value is -2.86. The van der Waals surface area contributed by atoms with Crippen molar-refractivity contribution in [1.82, 2.24) is 24.5 Å². The number of aliphatic hydroxyl groups is 1. The largest absolute Gasteiger partial charge is 0.394 e. The van der Waals surface area contributed by atoms with Crippen LogP contribution < -0.4 is 10.0 Å². The average molecular weight is 531 g/mol. The molecule has 0 radical (unpaired) electrons. The van der Waals surface area contributed by atoms with Crippen LogP contribution in [-0.4, -0.2) is 39.9 Å². The van der Waals surface area contributed by atoms with Crippen molar-refractivity contribution in [2.45, 2.75) is 31.0 Å². The van der Waals surface area contributed by atoms with Crippen LogP contribution in [0.25, 0.3) is 10.8 Å². The van der Waals surface area contributed by atoms with Crippen molar-refractivity contribution >= 4 is 42.5 Å². The standard InChI is InChI=1S/C22H23BrN6O3S/c1-2-29-14-26-27-21(29)12-25-22-17-9-8-16(23)10-18(17)20(11-24-22)33(31,32)28-19(13-30)15-6-4-3-5-7-15/h3-11,14,19,28,30H,2,12-13H2,1H3,(H,24,25)/t19-/m1/s1. The van der Waals surface area contributed by atoms with Crippen LogP contribution in [0.5, 0.6) is 0 Å². The van der Waals surface area contributed by atoms with Crippen LogP contribution in [0.3, 0.4) is 0 Å². The maximum atomic E-state index is 13.3. The summed E-state index contributed by atoms with van der Waals surface area (Å²) in [4.78, 5) is 4.42. The SMILES string of the molecule is CCn1cnnc1CNc1ncc(S(=O)(=O)N[C@H](CO)c2ccccc2)c2cc(Br)ccc12. The van der Waals surface area contributed by atoms with Crippen LogP contribution >= 0.6 is 15.9 Å². The molecule has 0 aliphatic heterocycles. The van der Waals surface area contributed by atoms with E-state index in [1.54, 1.807) is 42.7 Å². The number of rotatable bonds is 9. The predicted molar refractivity (Wildman–Crippen MR) is 129 cm³/mol. The summed E-state index contributed by atoms with van der Waals surface area (Å²) in [6.07, 6.45) is 2.98. The van der Waals surface area contributed by atoms with Gasteiger partial charge in [-0.25, -0.2) is 18.1 Å². The summed E-state index contributed by atoms with van der Waals surface area (Å²) in [5.74, 6) is 1.28. The highest BCUT2D eigenvalue weighted by atomic mass is 79.9. The Kier molecular flexibility index (Phi) is 7.03. The van der Waals surface area contributed by atoms with Crippen molar-refractivity contribution < 1.29 is 13.5 Å². The molecule has 0 amide bonds. The molecule has 9 nitrogen and oxygen atoms in total. The fraction of sp³-hybridized carbons (Fsp3) is 0.227. The predicted octanol–water partition coefficient (Wildman–Crippen LogP) is 3.23.